The lowest BCUT2D eigenvalue weighted by Crippen LogP contribution is -2.40. The maximum atomic E-state index is 12.7. The average molecular weight is 428 g/mol. The zero-order valence-electron chi connectivity index (χ0n) is 14.3. The second kappa shape index (κ2) is 8.41. The normalized spacial score (nSPS) is 15.3. The average Bonchev–Trinajstić information content (AvgIpc) is 3.13. The van der Waals surface area contributed by atoms with Crippen LogP contribution in [0.1, 0.15) is 15.2 Å². The first-order valence-corrected chi connectivity index (χ1v) is 10.7. The summed E-state index contributed by atoms with van der Waals surface area (Å²) in [6.07, 6.45) is 0. The van der Waals surface area contributed by atoms with Gasteiger partial charge in [0.2, 0.25) is 10.0 Å². The number of hydrazine groups is 1. The number of halogens is 1. The number of hydrogen-bond acceptors (Lipinski definition) is 6. The van der Waals surface area contributed by atoms with Crippen molar-refractivity contribution in [1.82, 2.24) is 15.2 Å². The number of benzene rings is 1. The van der Waals surface area contributed by atoms with E-state index >= 15 is 0 Å². The van der Waals surface area contributed by atoms with Crippen molar-refractivity contribution in [2.45, 2.75) is 4.90 Å². The number of amides is 1. The molecule has 0 unspecified atom stereocenters. The van der Waals surface area contributed by atoms with Gasteiger partial charge < -0.3 is 4.74 Å². The van der Waals surface area contributed by atoms with E-state index in [0.717, 1.165) is 4.88 Å². The molecule has 7 nitrogen and oxygen atoms in total. The van der Waals surface area contributed by atoms with Crippen LogP contribution < -0.4 is 10.9 Å². The number of carbonyl (C=O) groups excluding carboxylic acids is 1. The Labute approximate surface area is 166 Å². The predicted molar refractivity (Wildman–Crippen MR) is 105 cm³/mol. The van der Waals surface area contributed by atoms with E-state index < -0.39 is 15.9 Å². The first kappa shape index (κ1) is 19.8. The van der Waals surface area contributed by atoms with Gasteiger partial charge in [-0.1, -0.05) is 24.2 Å². The minimum absolute atomic E-state index is 0.0703. The molecule has 2 heterocycles. The Kier molecular flexibility index (Phi) is 6.18. The molecule has 1 aliphatic rings. The fourth-order valence-corrected chi connectivity index (χ4v) is 4.90. The van der Waals surface area contributed by atoms with Crippen LogP contribution in [0.3, 0.4) is 0 Å². The number of sulfonamides is 1. The molecule has 0 bridgehead atoms. The van der Waals surface area contributed by atoms with E-state index in [1.165, 1.54) is 33.8 Å². The van der Waals surface area contributed by atoms with Crippen molar-refractivity contribution in [2.75, 3.05) is 26.3 Å². The smallest absolute Gasteiger partial charge is 0.269 e. The molecule has 0 saturated carbocycles. The van der Waals surface area contributed by atoms with Crippen molar-refractivity contribution in [1.29, 1.82) is 0 Å². The molecule has 0 radical (unpaired) electrons. The second-order valence-corrected chi connectivity index (χ2v) is 9.36. The lowest BCUT2D eigenvalue weighted by molar-refractivity contribution is 0.0730. The van der Waals surface area contributed by atoms with Gasteiger partial charge in [-0.3, -0.25) is 15.6 Å². The molecule has 2 aromatic rings. The van der Waals surface area contributed by atoms with E-state index in [0.29, 0.717) is 36.3 Å². The summed E-state index contributed by atoms with van der Waals surface area (Å²) < 4.78 is 32.6. The SMILES string of the molecule is C=C(NNC(=O)c1cccc(S(=O)(=O)N2CCOCC2)c1)c1ccc(Cl)s1. The molecule has 1 fully saturated rings. The highest BCUT2D eigenvalue weighted by Gasteiger charge is 2.26. The largest absolute Gasteiger partial charge is 0.379 e. The Morgan fingerprint density at radius 3 is 2.59 bits per heavy atom. The number of hydrogen-bond donors (Lipinski definition) is 2. The molecule has 27 heavy (non-hydrogen) atoms. The predicted octanol–water partition coefficient (Wildman–Crippen LogP) is 2.33. The molecule has 2 N–H and O–H groups in total. The molecular formula is C17H18ClN3O4S2. The summed E-state index contributed by atoms with van der Waals surface area (Å²) in [4.78, 5) is 13.2. The van der Waals surface area contributed by atoms with Crippen LogP contribution in [0, 0.1) is 0 Å². The first-order valence-electron chi connectivity index (χ1n) is 8.07. The third kappa shape index (κ3) is 4.69. The van der Waals surface area contributed by atoms with Crippen LogP contribution in [-0.4, -0.2) is 44.9 Å². The zero-order chi connectivity index (χ0) is 19.4. The van der Waals surface area contributed by atoms with Crippen molar-refractivity contribution in [3.8, 4) is 0 Å². The molecule has 10 heteroatoms. The number of morpholine rings is 1. The molecular weight excluding hydrogens is 410 g/mol. The van der Waals surface area contributed by atoms with Crippen molar-refractivity contribution < 1.29 is 17.9 Å². The first-order chi connectivity index (χ1) is 12.9. The van der Waals surface area contributed by atoms with Crippen molar-refractivity contribution in [3.05, 3.63) is 57.8 Å². The Hall–Kier alpha value is -1.91. The zero-order valence-corrected chi connectivity index (χ0v) is 16.7. The minimum Gasteiger partial charge on any atom is -0.379 e. The van der Waals surface area contributed by atoms with E-state index in [-0.39, 0.29) is 10.5 Å². The molecule has 144 valence electrons. The van der Waals surface area contributed by atoms with E-state index in [4.69, 9.17) is 16.3 Å². The van der Waals surface area contributed by atoms with Gasteiger partial charge >= 0.3 is 0 Å². The Bertz CT molecular complexity index is 953. The molecule has 1 amide bonds. The highest BCUT2D eigenvalue weighted by atomic mass is 35.5. The maximum Gasteiger partial charge on any atom is 0.269 e. The fourth-order valence-electron chi connectivity index (χ4n) is 2.48. The summed E-state index contributed by atoms with van der Waals surface area (Å²) in [5.74, 6) is -0.474. The van der Waals surface area contributed by atoms with Gasteiger partial charge in [-0.15, -0.1) is 11.3 Å². The van der Waals surface area contributed by atoms with Gasteiger partial charge in [0.15, 0.2) is 0 Å². The Morgan fingerprint density at radius 1 is 1.19 bits per heavy atom. The van der Waals surface area contributed by atoms with Crippen LogP contribution in [0.25, 0.3) is 5.70 Å². The summed E-state index contributed by atoms with van der Waals surface area (Å²) in [7, 11) is -3.67. The Balaban J connectivity index is 1.69. The third-order valence-electron chi connectivity index (χ3n) is 3.90. The molecule has 1 aliphatic heterocycles. The number of rotatable bonds is 6. The van der Waals surface area contributed by atoms with Crippen LogP contribution in [-0.2, 0) is 14.8 Å². The third-order valence-corrected chi connectivity index (χ3v) is 7.09. The number of thiophene rings is 1. The molecule has 3 rings (SSSR count). The fraction of sp³-hybridized carbons (Fsp3) is 0.235. The molecule has 0 aliphatic carbocycles. The van der Waals surface area contributed by atoms with Crippen LogP contribution in [0.5, 0.6) is 0 Å². The van der Waals surface area contributed by atoms with Crippen molar-refractivity contribution >= 4 is 44.6 Å². The summed E-state index contributed by atoms with van der Waals surface area (Å²) in [6, 6.07) is 9.42. The Morgan fingerprint density at radius 2 is 1.93 bits per heavy atom. The van der Waals surface area contributed by atoms with E-state index in [2.05, 4.69) is 17.4 Å². The highest BCUT2D eigenvalue weighted by Crippen LogP contribution is 2.25. The number of nitrogens with zero attached hydrogens (tertiary/aromatic N) is 1. The lowest BCUT2D eigenvalue weighted by Gasteiger charge is -2.26. The van der Waals surface area contributed by atoms with Crippen LogP contribution in [0.4, 0.5) is 0 Å². The monoisotopic (exact) mass is 427 g/mol. The molecule has 1 aromatic carbocycles. The molecule has 1 saturated heterocycles. The summed E-state index contributed by atoms with van der Waals surface area (Å²) in [6.45, 7) is 5.14. The van der Waals surface area contributed by atoms with Crippen molar-refractivity contribution in [3.63, 3.8) is 0 Å². The highest BCUT2D eigenvalue weighted by molar-refractivity contribution is 7.89. The number of ether oxygens (including phenoxy) is 1. The van der Waals surface area contributed by atoms with Gasteiger partial charge in [-0.25, -0.2) is 8.42 Å². The summed E-state index contributed by atoms with van der Waals surface area (Å²) in [5.41, 5.74) is 5.92. The number of nitrogens with one attached hydrogen (secondary N) is 2. The lowest BCUT2D eigenvalue weighted by atomic mass is 10.2. The quantitative estimate of drug-likeness (QED) is 0.691. The molecule has 0 atom stereocenters. The van der Waals surface area contributed by atoms with Crippen LogP contribution >= 0.6 is 22.9 Å². The van der Waals surface area contributed by atoms with Gasteiger partial charge in [0.1, 0.15) is 0 Å². The van der Waals surface area contributed by atoms with Gasteiger partial charge in [0, 0.05) is 18.7 Å². The second-order valence-electron chi connectivity index (χ2n) is 5.71. The van der Waals surface area contributed by atoms with Gasteiger partial charge in [-0.05, 0) is 30.3 Å². The number of carbonyl (C=O) groups is 1. The van der Waals surface area contributed by atoms with Gasteiger partial charge in [0.05, 0.1) is 33.0 Å². The minimum atomic E-state index is -3.67. The van der Waals surface area contributed by atoms with E-state index in [9.17, 15) is 13.2 Å². The van der Waals surface area contributed by atoms with Crippen molar-refractivity contribution in [2.24, 2.45) is 0 Å². The van der Waals surface area contributed by atoms with E-state index in [1.54, 1.807) is 18.2 Å². The summed E-state index contributed by atoms with van der Waals surface area (Å²) in [5, 5.41) is 0. The van der Waals surface area contributed by atoms with Gasteiger partial charge in [-0.2, -0.15) is 4.31 Å². The molecule has 0 spiro atoms. The maximum absolute atomic E-state index is 12.7. The van der Waals surface area contributed by atoms with Crippen LogP contribution in [0.15, 0.2) is 47.9 Å². The topological polar surface area (TPSA) is 87.7 Å². The molecule has 1 aromatic heterocycles. The van der Waals surface area contributed by atoms with Gasteiger partial charge in [0.25, 0.3) is 5.91 Å². The van der Waals surface area contributed by atoms with Crippen LogP contribution in [0.2, 0.25) is 4.34 Å². The summed E-state index contributed by atoms with van der Waals surface area (Å²) >= 11 is 7.20. The standard InChI is InChI=1S/C17H18ClN3O4S2/c1-12(15-5-6-16(18)26-15)19-20-17(22)13-3-2-4-14(11-13)27(23,24)21-7-9-25-10-8-21/h2-6,11,19H,1,7-10H2,(H,20,22). The van der Waals surface area contributed by atoms with E-state index in [1.807, 2.05) is 0 Å².